The summed E-state index contributed by atoms with van der Waals surface area (Å²) in [7, 11) is 0. The fourth-order valence-electron chi connectivity index (χ4n) is 3.09. The number of hydrogen-bond acceptors (Lipinski definition) is 1. The highest BCUT2D eigenvalue weighted by atomic mass is 15.0. The Hall–Kier alpha value is -0.820. The monoisotopic (exact) mass is 231 g/mol. The van der Waals surface area contributed by atoms with E-state index in [0.717, 1.165) is 13.0 Å². The molecule has 94 valence electrons. The van der Waals surface area contributed by atoms with Gasteiger partial charge in [0.15, 0.2) is 0 Å². The van der Waals surface area contributed by atoms with Crippen LogP contribution < -0.4 is 5.32 Å². The summed E-state index contributed by atoms with van der Waals surface area (Å²) in [4.78, 5) is 0. The quantitative estimate of drug-likeness (QED) is 0.814. The fourth-order valence-corrected chi connectivity index (χ4v) is 3.09. The summed E-state index contributed by atoms with van der Waals surface area (Å²) in [5, 5.41) is 3.76. The molecule has 1 aromatic rings. The van der Waals surface area contributed by atoms with E-state index in [-0.39, 0.29) is 11.0 Å². The normalized spacial score (nSPS) is 25.2. The Morgan fingerprint density at radius 2 is 1.82 bits per heavy atom. The highest BCUT2D eigenvalue weighted by Gasteiger charge is 2.44. The maximum atomic E-state index is 3.76. The molecule has 17 heavy (non-hydrogen) atoms. The lowest BCUT2D eigenvalue weighted by Crippen LogP contribution is -2.48. The molecule has 1 aliphatic rings. The average Bonchev–Trinajstić information content (AvgIpc) is 2.79. The van der Waals surface area contributed by atoms with Gasteiger partial charge in [-0.15, -0.1) is 0 Å². The van der Waals surface area contributed by atoms with Crippen molar-refractivity contribution in [2.24, 2.45) is 5.41 Å². The third-order valence-corrected chi connectivity index (χ3v) is 4.29. The highest BCUT2D eigenvalue weighted by Crippen LogP contribution is 2.45. The molecule has 0 amide bonds. The summed E-state index contributed by atoms with van der Waals surface area (Å²) in [5.41, 5.74) is 3.31. The van der Waals surface area contributed by atoms with Crippen molar-refractivity contribution in [2.45, 2.75) is 52.5 Å². The molecule has 2 rings (SSSR count). The van der Waals surface area contributed by atoms with E-state index in [1.54, 1.807) is 0 Å². The zero-order valence-corrected chi connectivity index (χ0v) is 11.6. The average molecular weight is 231 g/mol. The van der Waals surface area contributed by atoms with Crippen LogP contribution in [0.2, 0.25) is 0 Å². The largest absolute Gasteiger partial charge is 0.307 e. The first-order valence-corrected chi connectivity index (χ1v) is 6.84. The zero-order valence-electron chi connectivity index (χ0n) is 11.6. The van der Waals surface area contributed by atoms with Gasteiger partial charge in [0.25, 0.3) is 0 Å². The van der Waals surface area contributed by atoms with Crippen molar-refractivity contribution in [1.29, 1.82) is 0 Å². The third kappa shape index (κ3) is 2.13. The molecule has 0 saturated carbocycles. The lowest BCUT2D eigenvalue weighted by molar-refractivity contribution is 0.160. The fraction of sp³-hybridized carbons (Fsp3) is 0.625. The van der Waals surface area contributed by atoms with Gasteiger partial charge in [-0.3, -0.25) is 0 Å². The molecular formula is C16H25N. The van der Waals surface area contributed by atoms with Crippen molar-refractivity contribution in [1.82, 2.24) is 5.32 Å². The molecule has 0 spiro atoms. The predicted molar refractivity (Wildman–Crippen MR) is 74.2 cm³/mol. The second kappa shape index (κ2) is 4.45. The van der Waals surface area contributed by atoms with Gasteiger partial charge in [0.2, 0.25) is 0 Å². The molecular weight excluding hydrogens is 206 g/mol. The van der Waals surface area contributed by atoms with Crippen molar-refractivity contribution in [3.8, 4) is 0 Å². The van der Waals surface area contributed by atoms with Crippen molar-refractivity contribution in [3.63, 3.8) is 0 Å². The Labute approximate surface area is 106 Å². The summed E-state index contributed by atoms with van der Waals surface area (Å²) in [6.45, 7) is 10.4. The molecule has 1 saturated heterocycles. The van der Waals surface area contributed by atoms with E-state index < -0.39 is 0 Å². The highest BCUT2D eigenvalue weighted by molar-refractivity contribution is 5.31. The smallest absolute Gasteiger partial charge is 0.0484 e. The van der Waals surface area contributed by atoms with E-state index in [9.17, 15) is 0 Å². The number of hydrogen-bond donors (Lipinski definition) is 1. The van der Waals surface area contributed by atoms with Crippen LogP contribution in [0.4, 0.5) is 0 Å². The van der Waals surface area contributed by atoms with E-state index in [4.69, 9.17) is 0 Å². The minimum atomic E-state index is 0.166. The molecule has 0 aromatic heterocycles. The van der Waals surface area contributed by atoms with Gasteiger partial charge >= 0.3 is 0 Å². The molecule has 1 nitrogen and oxygen atoms in total. The molecule has 1 heteroatoms. The van der Waals surface area contributed by atoms with Gasteiger partial charge in [-0.2, -0.15) is 0 Å². The van der Waals surface area contributed by atoms with E-state index in [1.165, 1.54) is 24.0 Å². The van der Waals surface area contributed by atoms with E-state index in [1.807, 2.05) is 0 Å². The minimum absolute atomic E-state index is 0.166. The van der Waals surface area contributed by atoms with Gasteiger partial charge in [-0.25, -0.2) is 0 Å². The molecule has 1 fully saturated rings. The number of aryl methyl sites for hydroxylation is 1. The minimum Gasteiger partial charge on any atom is -0.307 e. The first-order valence-electron chi connectivity index (χ1n) is 6.84. The second-order valence-corrected chi connectivity index (χ2v) is 6.24. The summed E-state index contributed by atoms with van der Waals surface area (Å²) < 4.78 is 0. The van der Waals surface area contributed by atoms with Crippen molar-refractivity contribution >= 4 is 0 Å². The van der Waals surface area contributed by atoms with E-state index in [0.29, 0.717) is 0 Å². The van der Waals surface area contributed by atoms with Gasteiger partial charge < -0.3 is 5.32 Å². The van der Waals surface area contributed by atoms with Crippen LogP contribution in [-0.4, -0.2) is 6.54 Å². The lowest BCUT2D eigenvalue weighted by Gasteiger charge is -2.43. The number of benzene rings is 1. The third-order valence-electron chi connectivity index (χ3n) is 4.29. The van der Waals surface area contributed by atoms with Crippen molar-refractivity contribution in [3.05, 3.63) is 35.4 Å². The maximum absolute atomic E-state index is 3.76. The molecule has 1 atom stereocenters. The maximum Gasteiger partial charge on any atom is 0.0484 e. The van der Waals surface area contributed by atoms with Gasteiger partial charge in [0.1, 0.15) is 0 Å². The summed E-state index contributed by atoms with van der Waals surface area (Å²) >= 11 is 0. The van der Waals surface area contributed by atoms with Crippen LogP contribution in [0, 0.1) is 5.41 Å². The van der Waals surface area contributed by atoms with Crippen molar-refractivity contribution < 1.29 is 0 Å². The molecule has 0 radical (unpaired) electrons. The van der Waals surface area contributed by atoms with E-state index >= 15 is 0 Å². The Kier molecular flexibility index (Phi) is 3.31. The van der Waals surface area contributed by atoms with Crippen LogP contribution in [0.15, 0.2) is 24.3 Å². The standard InChI is InChI=1S/C16H25N/c1-5-13-7-9-14(10-8-13)16(15(2,3)4)11-6-12-17-16/h7-10,17H,5-6,11-12H2,1-4H3. The Balaban J connectivity index is 2.39. The Morgan fingerprint density at radius 3 is 2.24 bits per heavy atom. The topological polar surface area (TPSA) is 12.0 Å². The molecule has 0 aliphatic carbocycles. The molecule has 0 bridgehead atoms. The van der Waals surface area contributed by atoms with E-state index in [2.05, 4.69) is 57.3 Å². The molecule has 1 aliphatic heterocycles. The van der Waals surface area contributed by atoms with Crippen LogP contribution in [0.1, 0.15) is 51.7 Å². The lowest BCUT2D eigenvalue weighted by atomic mass is 9.68. The number of rotatable bonds is 2. The van der Waals surface area contributed by atoms with Crippen molar-refractivity contribution in [2.75, 3.05) is 6.54 Å². The zero-order chi connectivity index (χ0) is 12.5. The van der Waals surface area contributed by atoms with Gasteiger partial charge in [0.05, 0.1) is 0 Å². The summed E-state index contributed by atoms with van der Waals surface area (Å²) in [6.07, 6.45) is 3.66. The van der Waals surface area contributed by atoms with Crippen LogP contribution in [0.3, 0.4) is 0 Å². The van der Waals surface area contributed by atoms with Crippen LogP contribution >= 0.6 is 0 Å². The molecule has 1 N–H and O–H groups in total. The second-order valence-electron chi connectivity index (χ2n) is 6.24. The first kappa shape index (κ1) is 12.6. The summed E-state index contributed by atoms with van der Waals surface area (Å²) in [5.74, 6) is 0. The van der Waals surface area contributed by atoms with Crippen LogP contribution in [0.5, 0.6) is 0 Å². The van der Waals surface area contributed by atoms with Crippen LogP contribution in [0.25, 0.3) is 0 Å². The molecule has 1 heterocycles. The number of nitrogens with one attached hydrogen (secondary N) is 1. The SMILES string of the molecule is CCc1ccc(C2(C(C)(C)C)CCCN2)cc1. The van der Waals surface area contributed by atoms with Gasteiger partial charge in [-0.05, 0) is 42.3 Å². The first-order chi connectivity index (χ1) is 7.99. The van der Waals surface area contributed by atoms with Crippen LogP contribution in [-0.2, 0) is 12.0 Å². The Morgan fingerprint density at radius 1 is 1.18 bits per heavy atom. The predicted octanol–water partition coefficient (Wildman–Crippen LogP) is 3.87. The molecule has 1 unspecified atom stereocenters. The van der Waals surface area contributed by atoms with Gasteiger partial charge in [-0.1, -0.05) is 52.0 Å². The molecule has 1 aromatic carbocycles. The Bertz CT molecular complexity index is 364. The summed E-state index contributed by atoms with van der Waals surface area (Å²) in [6, 6.07) is 9.20. The van der Waals surface area contributed by atoms with Gasteiger partial charge in [0, 0.05) is 5.54 Å².